The fourth-order valence-corrected chi connectivity index (χ4v) is 2.96. The first-order valence-corrected chi connectivity index (χ1v) is 8.61. The normalized spacial score (nSPS) is 14.3. The number of thiocarbonyl (C=S) groups is 1. The molecule has 126 valence electrons. The van der Waals surface area contributed by atoms with Crippen molar-refractivity contribution < 1.29 is 0 Å². The number of nitrogens with one attached hydrogen (secondary N) is 4. The molecular formula is C17H22N6S. The minimum absolute atomic E-state index is 0.469. The van der Waals surface area contributed by atoms with Crippen LogP contribution in [0.1, 0.15) is 25.7 Å². The van der Waals surface area contributed by atoms with Gasteiger partial charge in [0.05, 0.1) is 5.52 Å². The van der Waals surface area contributed by atoms with Gasteiger partial charge in [-0.15, -0.1) is 6.58 Å². The van der Waals surface area contributed by atoms with Gasteiger partial charge in [0.1, 0.15) is 5.82 Å². The molecule has 1 aromatic heterocycles. The molecule has 4 N–H and O–H groups in total. The molecule has 3 rings (SSSR count). The molecule has 0 unspecified atom stereocenters. The van der Waals surface area contributed by atoms with Gasteiger partial charge >= 0.3 is 0 Å². The van der Waals surface area contributed by atoms with Crippen molar-refractivity contribution in [3.05, 3.63) is 36.9 Å². The molecule has 1 aliphatic carbocycles. The van der Waals surface area contributed by atoms with Crippen LogP contribution in [0.2, 0.25) is 0 Å². The molecule has 1 aromatic carbocycles. The van der Waals surface area contributed by atoms with Gasteiger partial charge in [-0.2, -0.15) is 4.98 Å². The van der Waals surface area contributed by atoms with E-state index in [0.29, 0.717) is 23.6 Å². The minimum Gasteiger partial charge on any atom is -0.367 e. The number of fused-ring (bicyclic) bond motifs is 1. The van der Waals surface area contributed by atoms with Crippen molar-refractivity contribution in [2.75, 3.05) is 17.3 Å². The van der Waals surface area contributed by atoms with E-state index in [1.165, 1.54) is 25.7 Å². The van der Waals surface area contributed by atoms with E-state index in [-0.39, 0.29) is 0 Å². The summed E-state index contributed by atoms with van der Waals surface area (Å²) in [5, 5.41) is 8.05. The van der Waals surface area contributed by atoms with Crippen molar-refractivity contribution >= 4 is 40.0 Å². The molecule has 1 fully saturated rings. The van der Waals surface area contributed by atoms with Crippen LogP contribution >= 0.6 is 12.2 Å². The number of rotatable bonds is 6. The highest BCUT2D eigenvalue weighted by Gasteiger charge is 2.17. The fraction of sp³-hybridized carbons (Fsp3) is 0.353. The summed E-state index contributed by atoms with van der Waals surface area (Å²) >= 11 is 5.16. The summed E-state index contributed by atoms with van der Waals surface area (Å²) in [7, 11) is 0. The van der Waals surface area contributed by atoms with Crippen LogP contribution in [-0.4, -0.2) is 27.7 Å². The lowest BCUT2D eigenvalue weighted by atomic mass is 10.2. The van der Waals surface area contributed by atoms with Crippen molar-refractivity contribution in [2.45, 2.75) is 31.7 Å². The highest BCUT2D eigenvalue weighted by Crippen LogP contribution is 2.26. The van der Waals surface area contributed by atoms with Crippen molar-refractivity contribution in [3.63, 3.8) is 0 Å². The third kappa shape index (κ3) is 4.11. The van der Waals surface area contributed by atoms with Gasteiger partial charge in [-0.3, -0.25) is 10.9 Å². The lowest BCUT2D eigenvalue weighted by Crippen LogP contribution is -2.39. The second-order valence-corrected chi connectivity index (χ2v) is 6.20. The first kappa shape index (κ1) is 16.4. The molecule has 0 radical (unpaired) electrons. The van der Waals surface area contributed by atoms with Crippen LogP contribution in [0.4, 0.5) is 11.8 Å². The van der Waals surface area contributed by atoms with Gasteiger partial charge in [-0.25, -0.2) is 4.98 Å². The Hall–Kier alpha value is -2.41. The third-order valence-corrected chi connectivity index (χ3v) is 4.24. The Bertz CT molecular complexity index is 726. The van der Waals surface area contributed by atoms with E-state index < -0.39 is 0 Å². The first-order chi connectivity index (χ1) is 11.8. The number of hydrogen-bond acceptors (Lipinski definition) is 5. The number of aromatic nitrogens is 2. The second kappa shape index (κ2) is 7.92. The molecule has 2 aromatic rings. The predicted molar refractivity (Wildman–Crippen MR) is 103 cm³/mol. The summed E-state index contributed by atoms with van der Waals surface area (Å²) in [5.41, 5.74) is 6.74. The summed E-state index contributed by atoms with van der Waals surface area (Å²) in [4.78, 5) is 9.14. The van der Waals surface area contributed by atoms with Crippen molar-refractivity contribution in [2.24, 2.45) is 0 Å². The number of anilines is 2. The molecule has 0 atom stereocenters. The Balaban J connectivity index is 1.77. The molecule has 7 heteroatoms. The average Bonchev–Trinajstić information content (AvgIpc) is 3.11. The number of hydrazine groups is 1. The van der Waals surface area contributed by atoms with E-state index in [2.05, 4.69) is 38.0 Å². The molecule has 6 nitrogen and oxygen atoms in total. The van der Waals surface area contributed by atoms with E-state index in [4.69, 9.17) is 12.2 Å². The Morgan fingerprint density at radius 3 is 2.83 bits per heavy atom. The monoisotopic (exact) mass is 342 g/mol. The van der Waals surface area contributed by atoms with E-state index in [0.717, 1.165) is 16.7 Å². The van der Waals surface area contributed by atoms with E-state index in [1.807, 2.05) is 24.3 Å². The van der Waals surface area contributed by atoms with Crippen LogP contribution in [0.25, 0.3) is 10.9 Å². The van der Waals surface area contributed by atoms with Crippen molar-refractivity contribution in [1.29, 1.82) is 0 Å². The molecule has 0 saturated heterocycles. The molecule has 0 bridgehead atoms. The number of hydrogen-bond donors (Lipinski definition) is 4. The maximum Gasteiger partial charge on any atom is 0.244 e. The highest BCUT2D eigenvalue weighted by molar-refractivity contribution is 7.80. The van der Waals surface area contributed by atoms with Crippen LogP contribution in [-0.2, 0) is 0 Å². The minimum atomic E-state index is 0.469. The topological polar surface area (TPSA) is 73.9 Å². The van der Waals surface area contributed by atoms with Crippen molar-refractivity contribution in [1.82, 2.24) is 20.7 Å². The van der Waals surface area contributed by atoms with Gasteiger partial charge in [-0.05, 0) is 37.2 Å². The Kier molecular flexibility index (Phi) is 5.43. The Morgan fingerprint density at radius 1 is 1.25 bits per heavy atom. The summed E-state index contributed by atoms with van der Waals surface area (Å²) in [6, 6.07) is 8.49. The summed E-state index contributed by atoms with van der Waals surface area (Å²) in [6.45, 7) is 4.24. The zero-order valence-corrected chi connectivity index (χ0v) is 14.3. The van der Waals surface area contributed by atoms with Gasteiger partial charge in [0.15, 0.2) is 5.11 Å². The van der Waals surface area contributed by atoms with Crippen LogP contribution in [0.5, 0.6) is 0 Å². The zero-order valence-electron chi connectivity index (χ0n) is 13.5. The van der Waals surface area contributed by atoms with E-state index in [9.17, 15) is 0 Å². The quantitative estimate of drug-likeness (QED) is 0.365. The molecule has 0 aliphatic heterocycles. The summed E-state index contributed by atoms with van der Waals surface area (Å²) in [6.07, 6.45) is 6.67. The molecule has 1 aliphatic rings. The maximum absolute atomic E-state index is 5.16. The SMILES string of the molecule is C=CCNC(=S)NNc1nc(NC2CCCC2)c2ccccc2n1. The molecule has 1 heterocycles. The smallest absolute Gasteiger partial charge is 0.244 e. The molecule has 0 spiro atoms. The number of nitrogens with zero attached hydrogens (tertiary/aromatic N) is 2. The predicted octanol–water partition coefficient (Wildman–Crippen LogP) is 2.96. The van der Waals surface area contributed by atoms with Crippen molar-refractivity contribution in [3.8, 4) is 0 Å². The van der Waals surface area contributed by atoms with Crippen LogP contribution < -0.4 is 21.5 Å². The lowest BCUT2D eigenvalue weighted by Gasteiger charge is -2.16. The van der Waals surface area contributed by atoms with Gasteiger partial charge in [-0.1, -0.05) is 31.1 Å². The molecule has 0 amide bonds. The van der Waals surface area contributed by atoms with Gasteiger partial charge in [0, 0.05) is 18.0 Å². The molecular weight excluding hydrogens is 320 g/mol. The van der Waals surface area contributed by atoms with Gasteiger partial charge in [0.25, 0.3) is 0 Å². The number of para-hydroxylation sites is 1. The Morgan fingerprint density at radius 2 is 2.04 bits per heavy atom. The van der Waals surface area contributed by atoms with Crippen LogP contribution in [0.15, 0.2) is 36.9 Å². The average molecular weight is 342 g/mol. The van der Waals surface area contributed by atoms with Gasteiger partial charge in [0.2, 0.25) is 5.95 Å². The Labute approximate surface area is 147 Å². The third-order valence-electron chi connectivity index (χ3n) is 3.99. The molecule has 1 saturated carbocycles. The highest BCUT2D eigenvalue weighted by atomic mass is 32.1. The molecule has 24 heavy (non-hydrogen) atoms. The maximum atomic E-state index is 5.16. The van der Waals surface area contributed by atoms with Crippen LogP contribution in [0.3, 0.4) is 0 Å². The zero-order chi connectivity index (χ0) is 16.8. The van der Waals surface area contributed by atoms with Gasteiger partial charge < -0.3 is 10.6 Å². The second-order valence-electron chi connectivity index (χ2n) is 5.79. The first-order valence-electron chi connectivity index (χ1n) is 8.20. The van der Waals surface area contributed by atoms with E-state index >= 15 is 0 Å². The summed E-state index contributed by atoms with van der Waals surface area (Å²) < 4.78 is 0. The van der Waals surface area contributed by atoms with Crippen LogP contribution in [0, 0.1) is 0 Å². The standard InChI is InChI=1S/C17H22N6S/c1-2-11-18-17(24)23-22-16-20-14-10-6-5-9-13(14)15(21-16)19-12-7-3-4-8-12/h2,5-6,9-10,12H,1,3-4,7-8,11H2,(H2,18,23,24)(H2,19,20,21,22). The number of benzene rings is 1. The largest absolute Gasteiger partial charge is 0.367 e. The van der Waals surface area contributed by atoms with E-state index in [1.54, 1.807) is 6.08 Å². The summed E-state index contributed by atoms with van der Waals surface area (Å²) in [5.74, 6) is 1.35. The lowest BCUT2D eigenvalue weighted by molar-refractivity contribution is 0.751. The fourth-order valence-electron chi connectivity index (χ4n) is 2.83.